The molecule has 3 aromatic rings. The Morgan fingerprint density at radius 1 is 0.938 bits per heavy atom. The first-order valence-electron chi connectivity index (χ1n) is 9.86. The molecule has 0 aliphatic rings. The Balaban J connectivity index is 1.34. The van der Waals surface area contributed by atoms with Gasteiger partial charge in [-0.15, -0.1) is 11.8 Å². The summed E-state index contributed by atoms with van der Waals surface area (Å²) < 4.78 is 5.49. The molecule has 3 aromatic carbocycles. The van der Waals surface area contributed by atoms with E-state index >= 15 is 0 Å². The Labute approximate surface area is 196 Å². The van der Waals surface area contributed by atoms with Crippen LogP contribution in [0.25, 0.3) is 0 Å². The third-order valence-corrected chi connectivity index (χ3v) is 5.39. The monoisotopic (exact) mass is 467 g/mol. The summed E-state index contributed by atoms with van der Waals surface area (Å²) >= 11 is 7.44. The molecule has 3 rings (SSSR count). The molecule has 0 aliphatic heterocycles. The number of thioether (sulfide) groups is 1. The smallest absolute Gasteiger partial charge is 0.262 e. The summed E-state index contributed by atoms with van der Waals surface area (Å²) in [6, 6.07) is 23.7. The summed E-state index contributed by atoms with van der Waals surface area (Å²) in [7, 11) is 0. The maximum Gasteiger partial charge on any atom is 0.262 e. The SMILES string of the molecule is O=C(CCSc1ccc(Cl)cc1)N/N=C\c1ccc(OCC(=O)Nc2ccccc2)cc1. The maximum atomic E-state index is 11.9. The van der Waals surface area contributed by atoms with Crippen LogP contribution in [0.15, 0.2) is 88.9 Å². The zero-order chi connectivity index (χ0) is 22.6. The molecule has 0 spiro atoms. The quantitative estimate of drug-likeness (QED) is 0.250. The van der Waals surface area contributed by atoms with Crippen LogP contribution in [0.3, 0.4) is 0 Å². The van der Waals surface area contributed by atoms with Gasteiger partial charge >= 0.3 is 0 Å². The van der Waals surface area contributed by atoms with Crippen LogP contribution in [0.5, 0.6) is 5.75 Å². The van der Waals surface area contributed by atoms with Crippen LogP contribution in [0, 0.1) is 0 Å². The highest BCUT2D eigenvalue weighted by molar-refractivity contribution is 7.99. The molecule has 164 valence electrons. The van der Waals surface area contributed by atoms with Gasteiger partial charge in [0.25, 0.3) is 5.91 Å². The van der Waals surface area contributed by atoms with Crippen LogP contribution >= 0.6 is 23.4 Å². The Hall–Kier alpha value is -3.29. The van der Waals surface area contributed by atoms with Crippen LogP contribution in [0.1, 0.15) is 12.0 Å². The van der Waals surface area contributed by atoms with Crippen LogP contribution < -0.4 is 15.5 Å². The standard InChI is InChI=1S/C24H22ClN3O3S/c25-19-8-12-22(13-9-19)32-15-14-23(29)28-26-16-18-6-10-21(11-7-18)31-17-24(30)27-20-4-2-1-3-5-20/h1-13,16H,14-15,17H2,(H,27,30)(H,28,29)/b26-16-. The second-order valence-electron chi connectivity index (χ2n) is 6.62. The second-order valence-corrected chi connectivity index (χ2v) is 8.22. The van der Waals surface area contributed by atoms with E-state index < -0.39 is 0 Å². The fraction of sp³-hybridized carbons (Fsp3) is 0.125. The molecule has 32 heavy (non-hydrogen) atoms. The second kappa shape index (κ2) is 12.5. The number of hydrogen-bond donors (Lipinski definition) is 2. The predicted molar refractivity (Wildman–Crippen MR) is 130 cm³/mol. The van der Waals surface area contributed by atoms with Crippen molar-refractivity contribution < 1.29 is 14.3 Å². The fourth-order valence-electron chi connectivity index (χ4n) is 2.54. The molecular formula is C24H22ClN3O3S. The number of nitrogens with one attached hydrogen (secondary N) is 2. The largest absolute Gasteiger partial charge is 0.484 e. The highest BCUT2D eigenvalue weighted by atomic mass is 35.5. The van der Waals surface area contributed by atoms with Crippen LogP contribution in [0.4, 0.5) is 5.69 Å². The van der Waals surface area contributed by atoms with Gasteiger partial charge in [-0.3, -0.25) is 9.59 Å². The van der Waals surface area contributed by atoms with Crippen molar-refractivity contribution in [3.63, 3.8) is 0 Å². The molecule has 6 nitrogen and oxygen atoms in total. The van der Waals surface area contributed by atoms with Crippen LogP contribution in [-0.2, 0) is 9.59 Å². The summed E-state index contributed by atoms with van der Waals surface area (Å²) in [4.78, 5) is 24.9. The summed E-state index contributed by atoms with van der Waals surface area (Å²) in [6.45, 7) is -0.0909. The van der Waals surface area contributed by atoms with E-state index in [-0.39, 0.29) is 18.4 Å². The molecule has 0 unspecified atom stereocenters. The lowest BCUT2D eigenvalue weighted by atomic mass is 10.2. The van der Waals surface area contributed by atoms with Crippen molar-refractivity contribution in [2.45, 2.75) is 11.3 Å². The molecule has 0 aromatic heterocycles. The minimum atomic E-state index is -0.237. The van der Waals surface area contributed by atoms with Crippen molar-refractivity contribution in [2.75, 3.05) is 17.7 Å². The molecule has 0 saturated heterocycles. The first kappa shape index (κ1) is 23.4. The van der Waals surface area contributed by atoms with E-state index in [0.29, 0.717) is 22.9 Å². The van der Waals surface area contributed by atoms with E-state index in [1.165, 1.54) is 0 Å². The van der Waals surface area contributed by atoms with E-state index in [0.717, 1.165) is 16.1 Å². The van der Waals surface area contributed by atoms with Gasteiger partial charge < -0.3 is 10.1 Å². The zero-order valence-corrected chi connectivity index (χ0v) is 18.7. The number of carbonyl (C=O) groups excluding carboxylic acids is 2. The normalized spacial score (nSPS) is 10.7. The van der Waals surface area contributed by atoms with Gasteiger partial charge in [0.15, 0.2) is 6.61 Å². The molecule has 0 bridgehead atoms. The minimum absolute atomic E-state index is 0.0909. The molecule has 0 radical (unpaired) electrons. The zero-order valence-electron chi connectivity index (χ0n) is 17.2. The lowest BCUT2D eigenvalue weighted by Crippen LogP contribution is -2.20. The van der Waals surface area contributed by atoms with Crippen molar-refractivity contribution in [3.05, 3.63) is 89.4 Å². The fourth-order valence-corrected chi connectivity index (χ4v) is 3.52. The van der Waals surface area contributed by atoms with E-state index in [1.807, 2.05) is 54.6 Å². The third-order valence-electron chi connectivity index (χ3n) is 4.12. The van der Waals surface area contributed by atoms with Gasteiger partial charge in [-0.1, -0.05) is 29.8 Å². The summed E-state index contributed by atoms with van der Waals surface area (Å²) in [6.07, 6.45) is 1.90. The number of benzene rings is 3. The number of rotatable bonds is 10. The van der Waals surface area contributed by atoms with Crippen molar-refractivity contribution in [3.8, 4) is 5.75 Å². The van der Waals surface area contributed by atoms with Gasteiger partial charge in [0, 0.05) is 27.8 Å². The molecule has 0 saturated carbocycles. The third kappa shape index (κ3) is 8.45. The lowest BCUT2D eigenvalue weighted by Gasteiger charge is -2.07. The Morgan fingerprint density at radius 2 is 1.66 bits per heavy atom. The topological polar surface area (TPSA) is 79.8 Å². The first-order valence-corrected chi connectivity index (χ1v) is 11.2. The number of halogens is 1. The molecule has 0 aliphatic carbocycles. The average Bonchev–Trinajstić information content (AvgIpc) is 2.80. The van der Waals surface area contributed by atoms with Gasteiger partial charge in [-0.2, -0.15) is 5.10 Å². The number of para-hydroxylation sites is 1. The van der Waals surface area contributed by atoms with Crippen LogP contribution in [-0.4, -0.2) is 30.4 Å². The number of amides is 2. The highest BCUT2D eigenvalue weighted by Crippen LogP contribution is 2.20. The number of carbonyl (C=O) groups is 2. The predicted octanol–water partition coefficient (Wildman–Crippen LogP) is 4.99. The Bertz CT molecular complexity index is 1040. The summed E-state index contributed by atoms with van der Waals surface area (Å²) in [5, 5.41) is 7.42. The van der Waals surface area contributed by atoms with E-state index in [2.05, 4.69) is 15.8 Å². The first-order chi connectivity index (χ1) is 15.6. The molecular weight excluding hydrogens is 446 g/mol. The number of hydrogen-bond acceptors (Lipinski definition) is 5. The van der Waals surface area contributed by atoms with E-state index in [4.69, 9.17) is 16.3 Å². The van der Waals surface area contributed by atoms with Gasteiger partial charge in [0.05, 0.1) is 6.21 Å². The van der Waals surface area contributed by atoms with Gasteiger partial charge in [-0.25, -0.2) is 5.43 Å². The van der Waals surface area contributed by atoms with Crippen molar-refractivity contribution >= 4 is 47.1 Å². The average molecular weight is 468 g/mol. The number of hydrazone groups is 1. The number of anilines is 1. The molecule has 0 atom stereocenters. The molecule has 2 N–H and O–H groups in total. The Kier molecular flexibility index (Phi) is 9.16. The number of nitrogens with zero attached hydrogens (tertiary/aromatic N) is 1. The summed E-state index contributed by atoms with van der Waals surface area (Å²) in [5.41, 5.74) is 4.03. The van der Waals surface area contributed by atoms with Gasteiger partial charge in [0.2, 0.25) is 5.91 Å². The maximum absolute atomic E-state index is 11.9. The highest BCUT2D eigenvalue weighted by Gasteiger charge is 2.04. The van der Waals surface area contributed by atoms with Crippen molar-refractivity contribution in [1.29, 1.82) is 0 Å². The lowest BCUT2D eigenvalue weighted by molar-refractivity contribution is -0.120. The van der Waals surface area contributed by atoms with Gasteiger partial charge in [-0.05, 0) is 66.2 Å². The molecule has 0 heterocycles. The number of ether oxygens (including phenoxy) is 1. The van der Waals surface area contributed by atoms with Crippen molar-refractivity contribution in [2.24, 2.45) is 5.10 Å². The minimum Gasteiger partial charge on any atom is -0.484 e. The Morgan fingerprint density at radius 3 is 2.38 bits per heavy atom. The van der Waals surface area contributed by atoms with E-state index in [1.54, 1.807) is 42.2 Å². The van der Waals surface area contributed by atoms with Crippen molar-refractivity contribution in [1.82, 2.24) is 5.43 Å². The van der Waals surface area contributed by atoms with Crippen LogP contribution in [0.2, 0.25) is 5.02 Å². The van der Waals surface area contributed by atoms with E-state index in [9.17, 15) is 9.59 Å². The molecule has 8 heteroatoms. The molecule has 2 amide bonds. The summed E-state index contributed by atoms with van der Waals surface area (Å²) in [5.74, 6) is 0.812. The molecule has 0 fully saturated rings. The van der Waals surface area contributed by atoms with Gasteiger partial charge in [0.1, 0.15) is 5.75 Å².